The molecule has 0 bridgehead atoms. The first-order valence-electron chi connectivity index (χ1n) is 8.32. The fourth-order valence-corrected chi connectivity index (χ4v) is 2.76. The molecular formula is C19H18F3N3O2. The molecule has 1 N–H and O–H groups in total. The Morgan fingerprint density at radius 1 is 1.19 bits per heavy atom. The Labute approximate surface area is 153 Å². The van der Waals surface area contributed by atoms with Gasteiger partial charge in [0.25, 0.3) is 5.91 Å². The molecule has 2 heterocycles. The Morgan fingerprint density at radius 3 is 2.48 bits per heavy atom. The Hall–Kier alpha value is -3.03. The van der Waals surface area contributed by atoms with Crippen LogP contribution >= 0.6 is 0 Å². The number of hydrogen-bond donors (Lipinski definition) is 1. The number of fused-ring (bicyclic) bond motifs is 1. The van der Waals surface area contributed by atoms with E-state index in [1.54, 1.807) is 38.3 Å². The molecule has 0 aliphatic carbocycles. The van der Waals surface area contributed by atoms with Gasteiger partial charge in [-0.2, -0.15) is 13.2 Å². The molecule has 3 rings (SSSR count). The number of methoxy groups -OCH3 is 1. The molecular weight excluding hydrogens is 359 g/mol. The molecule has 0 radical (unpaired) electrons. The monoisotopic (exact) mass is 377 g/mol. The lowest BCUT2D eigenvalue weighted by atomic mass is 10.2. The van der Waals surface area contributed by atoms with Crippen LogP contribution in [0, 0.1) is 0 Å². The zero-order chi connectivity index (χ0) is 19.6. The molecule has 0 fully saturated rings. The van der Waals surface area contributed by atoms with Crippen molar-refractivity contribution < 1.29 is 22.7 Å². The van der Waals surface area contributed by atoms with E-state index in [2.05, 4.69) is 10.3 Å². The number of pyridine rings is 1. The van der Waals surface area contributed by atoms with Crippen LogP contribution in [0.1, 0.15) is 34.2 Å². The number of aryl methyl sites for hydroxylation is 1. The van der Waals surface area contributed by atoms with Crippen LogP contribution in [0.2, 0.25) is 0 Å². The van der Waals surface area contributed by atoms with E-state index in [0.29, 0.717) is 23.5 Å². The fourth-order valence-electron chi connectivity index (χ4n) is 2.76. The largest absolute Gasteiger partial charge is 0.497 e. The van der Waals surface area contributed by atoms with E-state index in [1.165, 1.54) is 10.5 Å². The summed E-state index contributed by atoms with van der Waals surface area (Å²) < 4.78 is 45.4. The number of rotatable bonds is 5. The predicted molar refractivity (Wildman–Crippen MR) is 93.7 cm³/mol. The fraction of sp³-hybridized carbons (Fsp3) is 0.263. The van der Waals surface area contributed by atoms with Crippen LogP contribution in [0.3, 0.4) is 0 Å². The smallest absolute Gasteiger partial charge is 0.417 e. The van der Waals surface area contributed by atoms with Crippen LogP contribution < -0.4 is 10.1 Å². The third kappa shape index (κ3) is 3.89. The highest BCUT2D eigenvalue weighted by atomic mass is 19.4. The Morgan fingerprint density at radius 2 is 1.89 bits per heavy atom. The second-order valence-electron chi connectivity index (χ2n) is 5.94. The molecule has 142 valence electrons. The number of benzene rings is 1. The first-order valence-corrected chi connectivity index (χ1v) is 8.32. The topological polar surface area (TPSA) is 55.6 Å². The quantitative estimate of drug-likeness (QED) is 0.735. The second kappa shape index (κ2) is 7.30. The number of hydrogen-bond acceptors (Lipinski definition) is 3. The van der Waals surface area contributed by atoms with Gasteiger partial charge in [-0.15, -0.1) is 0 Å². The van der Waals surface area contributed by atoms with Crippen LogP contribution in [-0.4, -0.2) is 22.4 Å². The number of nitrogens with zero attached hydrogens (tertiary/aromatic N) is 2. The molecule has 0 spiro atoms. The van der Waals surface area contributed by atoms with Crippen molar-refractivity contribution in [2.75, 3.05) is 7.11 Å². The maximum absolute atomic E-state index is 13.0. The first-order chi connectivity index (χ1) is 12.8. The summed E-state index contributed by atoms with van der Waals surface area (Å²) in [5.41, 5.74) is 0.870. The van der Waals surface area contributed by atoms with Gasteiger partial charge in [-0.05, 0) is 36.2 Å². The van der Waals surface area contributed by atoms with Gasteiger partial charge in [-0.25, -0.2) is 4.98 Å². The van der Waals surface area contributed by atoms with Crippen molar-refractivity contribution in [3.05, 3.63) is 65.1 Å². The van der Waals surface area contributed by atoms with E-state index in [0.717, 1.165) is 17.8 Å². The molecule has 8 heteroatoms. The van der Waals surface area contributed by atoms with Crippen molar-refractivity contribution in [2.45, 2.75) is 26.1 Å². The summed E-state index contributed by atoms with van der Waals surface area (Å²) >= 11 is 0. The summed E-state index contributed by atoms with van der Waals surface area (Å²) in [7, 11) is 1.56. The van der Waals surface area contributed by atoms with Crippen molar-refractivity contribution in [1.29, 1.82) is 0 Å². The van der Waals surface area contributed by atoms with Gasteiger partial charge in [0.2, 0.25) is 0 Å². The minimum absolute atomic E-state index is 0.118. The maximum Gasteiger partial charge on any atom is 0.417 e. The molecule has 0 saturated carbocycles. The molecule has 0 atom stereocenters. The Kier molecular flexibility index (Phi) is 5.07. The number of nitrogens with one attached hydrogen (secondary N) is 1. The minimum Gasteiger partial charge on any atom is -0.497 e. The van der Waals surface area contributed by atoms with Crippen LogP contribution in [-0.2, 0) is 19.1 Å². The van der Waals surface area contributed by atoms with Crippen LogP contribution in [0.4, 0.5) is 13.2 Å². The summed E-state index contributed by atoms with van der Waals surface area (Å²) in [6.07, 6.45) is -3.17. The van der Waals surface area contributed by atoms with Crippen molar-refractivity contribution in [3.63, 3.8) is 0 Å². The number of ether oxygens (including phenoxy) is 1. The lowest BCUT2D eigenvalue weighted by Crippen LogP contribution is -2.25. The van der Waals surface area contributed by atoms with E-state index < -0.39 is 17.6 Å². The molecule has 0 aliphatic heterocycles. The second-order valence-corrected chi connectivity index (χ2v) is 5.94. The third-order valence-corrected chi connectivity index (χ3v) is 4.18. The van der Waals surface area contributed by atoms with Crippen molar-refractivity contribution >= 4 is 11.6 Å². The van der Waals surface area contributed by atoms with E-state index >= 15 is 0 Å². The molecule has 5 nitrogen and oxygen atoms in total. The van der Waals surface area contributed by atoms with E-state index in [-0.39, 0.29) is 12.2 Å². The summed E-state index contributed by atoms with van der Waals surface area (Å²) in [5, 5.41) is 2.74. The molecule has 27 heavy (non-hydrogen) atoms. The van der Waals surface area contributed by atoms with Crippen LogP contribution in [0.25, 0.3) is 5.65 Å². The maximum atomic E-state index is 13.0. The number of halogens is 3. The van der Waals surface area contributed by atoms with Gasteiger partial charge >= 0.3 is 6.18 Å². The van der Waals surface area contributed by atoms with Gasteiger partial charge in [-0.3, -0.25) is 9.20 Å². The minimum atomic E-state index is -4.50. The van der Waals surface area contributed by atoms with Crippen LogP contribution in [0.15, 0.2) is 42.6 Å². The summed E-state index contributed by atoms with van der Waals surface area (Å²) in [6, 6.07) is 9.36. The highest BCUT2D eigenvalue weighted by molar-refractivity contribution is 5.94. The highest BCUT2D eigenvalue weighted by Gasteiger charge is 2.31. The zero-order valence-corrected chi connectivity index (χ0v) is 14.8. The lowest BCUT2D eigenvalue weighted by molar-refractivity contribution is -0.137. The molecule has 0 saturated heterocycles. The standard InChI is InChI=1S/C19H18F3N3O2/c1-3-15-17(18(26)23-10-12-4-7-14(27-2)8-5-12)25-11-13(19(20,21)22)6-9-16(25)24-15/h4-9,11H,3,10H2,1-2H3,(H,23,26). The van der Waals surface area contributed by atoms with Gasteiger partial charge < -0.3 is 10.1 Å². The predicted octanol–water partition coefficient (Wildman–Crippen LogP) is 3.85. The van der Waals surface area contributed by atoms with Crippen molar-refractivity contribution in [1.82, 2.24) is 14.7 Å². The summed E-state index contributed by atoms with van der Waals surface area (Å²) in [4.78, 5) is 17.0. The lowest BCUT2D eigenvalue weighted by Gasteiger charge is -2.10. The molecule has 0 unspecified atom stereocenters. The summed E-state index contributed by atoms with van der Waals surface area (Å²) in [5.74, 6) is 0.217. The average molecular weight is 377 g/mol. The number of amides is 1. The van der Waals surface area contributed by atoms with Gasteiger partial charge in [0.05, 0.1) is 18.4 Å². The van der Waals surface area contributed by atoms with Gasteiger partial charge in [0, 0.05) is 12.7 Å². The Balaban J connectivity index is 1.89. The number of carbonyl (C=O) groups is 1. The zero-order valence-electron chi connectivity index (χ0n) is 14.8. The number of imidazole rings is 1. The Bertz CT molecular complexity index is 963. The van der Waals surface area contributed by atoms with Gasteiger partial charge in [0.15, 0.2) is 0 Å². The molecule has 1 amide bonds. The van der Waals surface area contributed by atoms with Crippen molar-refractivity contribution in [2.24, 2.45) is 0 Å². The normalized spacial score (nSPS) is 11.6. The molecule has 3 aromatic rings. The van der Waals surface area contributed by atoms with Gasteiger partial charge in [-0.1, -0.05) is 19.1 Å². The van der Waals surface area contributed by atoms with E-state index in [9.17, 15) is 18.0 Å². The van der Waals surface area contributed by atoms with Crippen molar-refractivity contribution in [3.8, 4) is 5.75 Å². The number of alkyl halides is 3. The third-order valence-electron chi connectivity index (χ3n) is 4.18. The summed E-state index contributed by atoms with van der Waals surface area (Å²) in [6.45, 7) is 2.03. The molecule has 2 aromatic heterocycles. The van der Waals surface area contributed by atoms with E-state index in [4.69, 9.17) is 4.74 Å². The first kappa shape index (κ1) is 18.8. The van der Waals surface area contributed by atoms with Crippen LogP contribution in [0.5, 0.6) is 5.75 Å². The SMILES string of the molecule is CCc1nc2ccc(C(F)(F)F)cn2c1C(=O)NCc1ccc(OC)cc1. The molecule has 1 aromatic carbocycles. The number of carbonyl (C=O) groups excluding carboxylic acids is 1. The highest BCUT2D eigenvalue weighted by Crippen LogP contribution is 2.30. The van der Waals surface area contributed by atoms with E-state index in [1.807, 2.05) is 0 Å². The number of aromatic nitrogens is 2. The average Bonchev–Trinajstić information content (AvgIpc) is 3.03. The van der Waals surface area contributed by atoms with Gasteiger partial charge in [0.1, 0.15) is 17.1 Å². The molecule has 0 aliphatic rings.